The first kappa shape index (κ1) is 34.2. The van der Waals surface area contributed by atoms with E-state index in [1.54, 1.807) is 12.1 Å². The van der Waals surface area contributed by atoms with Crippen molar-refractivity contribution in [3.63, 3.8) is 0 Å². The second-order valence-corrected chi connectivity index (χ2v) is 13.0. The number of ether oxygens (including phenoxy) is 2. The molecule has 4 aromatic carbocycles. The van der Waals surface area contributed by atoms with Crippen LogP contribution in [0.4, 0.5) is 14.9 Å². The zero-order valence-corrected chi connectivity index (χ0v) is 28.5. The molecule has 47 heavy (non-hydrogen) atoms. The number of rotatable bonds is 15. The van der Waals surface area contributed by atoms with Gasteiger partial charge in [0.15, 0.2) is 0 Å². The minimum Gasteiger partial charge on any atom is -0.493 e. The van der Waals surface area contributed by atoms with E-state index < -0.39 is 24.1 Å². The first-order chi connectivity index (χ1) is 22.8. The molecule has 1 aliphatic rings. The van der Waals surface area contributed by atoms with E-state index in [1.807, 2.05) is 79.7 Å². The Bertz CT molecular complexity index is 1610. The third-order valence-electron chi connectivity index (χ3n) is 8.57. The predicted octanol–water partition coefficient (Wildman–Crippen LogP) is 9.46. The number of carbonyl (C=O) groups is 2. The van der Waals surface area contributed by atoms with Gasteiger partial charge in [-0.1, -0.05) is 95.5 Å². The van der Waals surface area contributed by atoms with Crippen LogP contribution in [0.15, 0.2) is 102 Å². The number of nitrogens with zero attached hydrogens (tertiary/aromatic N) is 1. The number of aryl methyl sites for hydroxylation is 2. The largest absolute Gasteiger partial charge is 0.493 e. The van der Waals surface area contributed by atoms with E-state index in [-0.39, 0.29) is 18.3 Å². The number of hydrogen-bond donors (Lipinski definition) is 1. The molecule has 246 valence electrons. The van der Waals surface area contributed by atoms with Crippen molar-refractivity contribution < 1.29 is 23.5 Å². The van der Waals surface area contributed by atoms with Crippen LogP contribution in [0.25, 0.3) is 0 Å². The van der Waals surface area contributed by atoms with Gasteiger partial charge in [0.2, 0.25) is 5.91 Å². The van der Waals surface area contributed by atoms with Gasteiger partial charge >= 0.3 is 6.09 Å². The standard InChI is InChI=1S/C39H42BrFN2O4/c1-3-4-23-46-36-25-30(40)17-22-34(36)37(42-32-20-13-27(2)14-21-32)35(12-8-11-28-15-18-31(41)19-16-28)38(44)43-33(26-47-39(43)45)24-29-9-6-5-7-10-29/h5-7,9-10,13-22,25,33,35,37,42H,3-4,8,11-12,23-24,26H2,1-2H3/t33-,35+,37+/m0/s1. The lowest BCUT2D eigenvalue weighted by molar-refractivity contribution is -0.134. The Hall–Kier alpha value is -4.17. The van der Waals surface area contributed by atoms with E-state index in [9.17, 15) is 14.0 Å². The smallest absolute Gasteiger partial charge is 0.416 e. The van der Waals surface area contributed by atoms with Gasteiger partial charge in [-0.15, -0.1) is 0 Å². The van der Waals surface area contributed by atoms with Gasteiger partial charge in [-0.3, -0.25) is 4.79 Å². The van der Waals surface area contributed by atoms with Crippen molar-refractivity contribution in [3.05, 3.63) is 130 Å². The summed E-state index contributed by atoms with van der Waals surface area (Å²) in [6.45, 7) is 4.83. The van der Waals surface area contributed by atoms with Crippen molar-refractivity contribution in [2.24, 2.45) is 5.92 Å². The maximum atomic E-state index is 14.8. The Morgan fingerprint density at radius 1 is 1.00 bits per heavy atom. The third-order valence-corrected chi connectivity index (χ3v) is 9.06. The number of carbonyl (C=O) groups excluding carboxylic acids is 2. The molecule has 0 unspecified atom stereocenters. The highest BCUT2D eigenvalue weighted by molar-refractivity contribution is 9.10. The minimum absolute atomic E-state index is 0.140. The molecule has 1 saturated heterocycles. The van der Waals surface area contributed by atoms with Crippen LogP contribution in [0.2, 0.25) is 0 Å². The SMILES string of the molecule is CCCCOc1cc(Br)ccc1[C@@H](Nc1ccc(C)cc1)[C@@H](CCCc1ccc(F)cc1)C(=O)N1C(=O)OC[C@@H]1Cc1ccccc1. The van der Waals surface area contributed by atoms with Crippen molar-refractivity contribution in [2.75, 3.05) is 18.5 Å². The Morgan fingerprint density at radius 2 is 1.74 bits per heavy atom. The van der Waals surface area contributed by atoms with Crippen LogP contribution < -0.4 is 10.1 Å². The van der Waals surface area contributed by atoms with Crippen molar-refractivity contribution in [2.45, 2.75) is 64.5 Å². The second kappa shape index (κ2) is 16.6. The van der Waals surface area contributed by atoms with Gasteiger partial charge in [-0.25, -0.2) is 14.1 Å². The number of nitrogens with one attached hydrogen (secondary N) is 1. The minimum atomic E-state index is -0.657. The molecule has 6 nitrogen and oxygen atoms in total. The molecular weight excluding hydrogens is 659 g/mol. The molecule has 0 spiro atoms. The zero-order chi connectivity index (χ0) is 33.2. The van der Waals surface area contributed by atoms with E-state index in [4.69, 9.17) is 9.47 Å². The van der Waals surface area contributed by atoms with Gasteiger partial charge in [0.05, 0.1) is 24.6 Å². The number of anilines is 1. The molecule has 2 amide bonds. The van der Waals surface area contributed by atoms with Gasteiger partial charge in [0, 0.05) is 15.7 Å². The van der Waals surface area contributed by atoms with Gasteiger partial charge in [0.25, 0.3) is 0 Å². The topological polar surface area (TPSA) is 67.9 Å². The number of imide groups is 1. The summed E-state index contributed by atoms with van der Waals surface area (Å²) in [6, 6.07) is 29.3. The molecule has 5 rings (SSSR count). The molecule has 1 N–H and O–H groups in total. The summed E-state index contributed by atoms with van der Waals surface area (Å²) in [5.74, 6) is -0.555. The highest BCUT2D eigenvalue weighted by Crippen LogP contribution is 2.39. The molecule has 3 atom stereocenters. The molecule has 1 heterocycles. The lowest BCUT2D eigenvalue weighted by atomic mass is 9.85. The average molecular weight is 702 g/mol. The van der Waals surface area contributed by atoms with Gasteiger partial charge in [-0.05, 0) is 86.6 Å². The Kier molecular flexibility index (Phi) is 12.1. The lowest BCUT2D eigenvalue weighted by Crippen LogP contribution is -2.46. The maximum absolute atomic E-state index is 14.8. The van der Waals surface area contributed by atoms with Crippen LogP contribution in [-0.2, 0) is 22.4 Å². The Balaban J connectivity index is 1.54. The Morgan fingerprint density at radius 3 is 2.47 bits per heavy atom. The molecule has 8 heteroatoms. The number of halogens is 2. The maximum Gasteiger partial charge on any atom is 0.416 e. The fourth-order valence-electron chi connectivity index (χ4n) is 6.00. The van der Waals surface area contributed by atoms with Crippen LogP contribution in [0, 0.1) is 18.7 Å². The third kappa shape index (κ3) is 9.22. The molecule has 0 radical (unpaired) electrons. The second-order valence-electron chi connectivity index (χ2n) is 12.1. The molecular formula is C39H42BrFN2O4. The number of hydrogen-bond acceptors (Lipinski definition) is 5. The van der Waals surface area contributed by atoms with Crippen LogP contribution in [0.5, 0.6) is 5.75 Å². The molecule has 1 aliphatic heterocycles. The van der Waals surface area contributed by atoms with Crippen molar-refractivity contribution in [1.29, 1.82) is 0 Å². The number of cyclic esters (lactones) is 1. The lowest BCUT2D eigenvalue weighted by Gasteiger charge is -2.33. The molecule has 4 aromatic rings. The fraction of sp³-hybridized carbons (Fsp3) is 0.333. The van der Waals surface area contributed by atoms with Crippen LogP contribution in [-0.4, -0.2) is 36.2 Å². The summed E-state index contributed by atoms with van der Waals surface area (Å²) < 4.78 is 26.3. The fourth-order valence-corrected chi connectivity index (χ4v) is 6.34. The van der Waals surface area contributed by atoms with Crippen molar-refractivity contribution >= 4 is 33.6 Å². The molecule has 0 bridgehead atoms. The highest BCUT2D eigenvalue weighted by atomic mass is 79.9. The first-order valence-corrected chi connectivity index (χ1v) is 17.1. The summed E-state index contributed by atoms with van der Waals surface area (Å²) in [5, 5.41) is 3.67. The monoisotopic (exact) mass is 700 g/mol. The predicted molar refractivity (Wildman–Crippen MR) is 187 cm³/mol. The number of unbranched alkanes of at least 4 members (excludes halogenated alkanes) is 1. The van der Waals surface area contributed by atoms with E-state index in [0.717, 1.165) is 45.3 Å². The molecule has 0 aliphatic carbocycles. The van der Waals surface area contributed by atoms with Crippen LogP contribution in [0.1, 0.15) is 60.9 Å². The normalized spacial score (nSPS) is 15.6. The summed E-state index contributed by atoms with van der Waals surface area (Å²) >= 11 is 3.61. The molecule has 0 saturated carbocycles. The summed E-state index contributed by atoms with van der Waals surface area (Å²) in [4.78, 5) is 29.4. The first-order valence-electron chi connectivity index (χ1n) is 16.4. The van der Waals surface area contributed by atoms with Gasteiger partial charge in [0.1, 0.15) is 18.2 Å². The van der Waals surface area contributed by atoms with E-state index in [1.165, 1.54) is 17.0 Å². The molecule has 1 fully saturated rings. The summed E-state index contributed by atoms with van der Waals surface area (Å²) in [7, 11) is 0. The van der Waals surface area contributed by atoms with E-state index >= 15 is 0 Å². The van der Waals surface area contributed by atoms with Crippen molar-refractivity contribution in [1.82, 2.24) is 4.90 Å². The Labute approximate surface area is 285 Å². The van der Waals surface area contributed by atoms with E-state index in [0.29, 0.717) is 38.0 Å². The van der Waals surface area contributed by atoms with Crippen LogP contribution >= 0.6 is 15.9 Å². The zero-order valence-electron chi connectivity index (χ0n) is 27.0. The number of amides is 2. The summed E-state index contributed by atoms with van der Waals surface area (Å²) in [5.41, 5.74) is 4.81. The number of benzene rings is 4. The van der Waals surface area contributed by atoms with Gasteiger partial charge in [-0.2, -0.15) is 0 Å². The summed E-state index contributed by atoms with van der Waals surface area (Å²) in [6.07, 6.45) is 3.51. The quantitative estimate of drug-likeness (QED) is 0.125. The van der Waals surface area contributed by atoms with Crippen molar-refractivity contribution in [3.8, 4) is 5.75 Å². The van der Waals surface area contributed by atoms with Crippen LogP contribution in [0.3, 0.4) is 0 Å². The average Bonchev–Trinajstić information content (AvgIpc) is 3.44. The van der Waals surface area contributed by atoms with Gasteiger partial charge < -0.3 is 14.8 Å². The van der Waals surface area contributed by atoms with E-state index in [2.05, 4.69) is 28.2 Å². The highest BCUT2D eigenvalue weighted by Gasteiger charge is 2.43. The molecule has 0 aromatic heterocycles.